The van der Waals surface area contributed by atoms with Crippen LogP contribution in [0.25, 0.3) is 20.4 Å². The normalized spacial score (nSPS) is 20.0. The third-order valence-electron chi connectivity index (χ3n) is 15.4. The summed E-state index contributed by atoms with van der Waals surface area (Å²) in [6.07, 6.45) is 7.28. The first-order valence-electron chi connectivity index (χ1n) is 22.6. The van der Waals surface area contributed by atoms with E-state index in [1.165, 1.54) is 133 Å². The minimum absolute atomic E-state index is 0.0377. The standard InChI is InChI=1S/C55H50BN3OS/c1-33-30-44-49-45(31-33)59-42-22-14-12-20-37(42)47-43(57(34-16-8-6-9-17-34)35-18-10-7-11-19-35)27-26-41(50(47)59)56(49)52-51(48-38-21-13-15-23-46(38)61-53(48)60-52)58(44)36-24-25-39-40(32-36)55(4,5)29-28-54(39,2)3/h6-11,13,15-19,21,23-27,30-32,37,42H,12,14,20,22,28-29H2,1-5H3. The Bertz CT molecular complexity index is 3070. The first-order chi connectivity index (χ1) is 29.7. The maximum Gasteiger partial charge on any atom is 0.297 e. The number of hydrogen-bond acceptors (Lipinski definition) is 5. The van der Waals surface area contributed by atoms with Crippen molar-refractivity contribution in [2.24, 2.45) is 0 Å². The molecule has 0 N–H and O–H groups in total. The zero-order valence-electron chi connectivity index (χ0n) is 35.8. The second-order valence-electron chi connectivity index (χ2n) is 19.8. The summed E-state index contributed by atoms with van der Waals surface area (Å²) in [4.78, 5) is 8.99. The molecule has 8 aromatic rings. The van der Waals surface area contributed by atoms with Gasteiger partial charge in [0.25, 0.3) is 6.71 Å². The molecule has 2 aliphatic carbocycles. The molecule has 1 saturated carbocycles. The molecule has 2 aromatic heterocycles. The minimum Gasteiger partial charge on any atom is -0.457 e. The van der Waals surface area contributed by atoms with Crippen molar-refractivity contribution in [3.8, 4) is 0 Å². The predicted octanol–water partition coefficient (Wildman–Crippen LogP) is 13.6. The van der Waals surface area contributed by atoms with Gasteiger partial charge < -0.3 is 19.1 Å². The Balaban J connectivity index is 1.12. The summed E-state index contributed by atoms with van der Waals surface area (Å²) in [5.41, 5.74) is 20.1. The maximum absolute atomic E-state index is 7.43. The summed E-state index contributed by atoms with van der Waals surface area (Å²) in [6, 6.07) is 48.7. The zero-order chi connectivity index (χ0) is 40.9. The molecule has 2 atom stereocenters. The van der Waals surface area contributed by atoms with Crippen LogP contribution in [0.15, 0.2) is 132 Å². The maximum atomic E-state index is 7.43. The number of furan rings is 1. The van der Waals surface area contributed by atoms with Gasteiger partial charge in [-0.1, -0.05) is 119 Å². The molecule has 4 nitrogen and oxygen atoms in total. The molecule has 3 aliphatic heterocycles. The van der Waals surface area contributed by atoms with E-state index in [-0.39, 0.29) is 17.5 Å². The third kappa shape index (κ3) is 4.94. The Labute approximate surface area is 363 Å². The second kappa shape index (κ2) is 12.7. The van der Waals surface area contributed by atoms with Gasteiger partial charge in [0.2, 0.25) is 0 Å². The lowest BCUT2D eigenvalue weighted by atomic mass is 9.35. The average Bonchev–Trinajstić information content (AvgIpc) is 3.94. The van der Waals surface area contributed by atoms with Crippen molar-refractivity contribution in [2.75, 3.05) is 14.7 Å². The highest BCUT2D eigenvalue weighted by atomic mass is 32.1. The fourth-order valence-electron chi connectivity index (χ4n) is 12.5. The fraction of sp³-hybridized carbons (Fsp3) is 0.273. The third-order valence-corrected chi connectivity index (χ3v) is 16.4. The highest BCUT2D eigenvalue weighted by Gasteiger charge is 2.54. The zero-order valence-corrected chi connectivity index (χ0v) is 36.6. The van der Waals surface area contributed by atoms with Crippen LogP contribution in [0.2, 0.25) is 0 Å². The van der Waals surface area contributed by atoms with Gasteiger partial charge in [0.1, 0.15) is 5.66 Å². The number of fused-ring (bicyclic) bond motifs is 12. The average molecular weight is 812 g/mol. The van der Waals surface area contributed by atoms with Crippen LogP contribution >= 0.6 is 11.3 Å². The summed E-state index contributed by atoms with van der Waals surface area (Å²) in [6.45, 7) is 12.0. The highest BCUT2D eigenvalue weighted by molar-refractivity contribution is 7.25. The number of aryl methyl sites for hydroxylation is 1. The molecule has 61 heavy (non-hydrogen) atoms. The lowest BCUT2D eigenvalue weighted by Crippen LogP contribution is -2.61. The Hall–Kier alpha value is -5.72. The van der Waals surface area contributed by atoms with Gasteiger partial charge in [-0.3, -0.25) is 0 Å². The first kappa shape index (κ1) is 36.0. The van der Waals surface area contributed by atoms with Crippen LogP contribution in [0.3, 0.4) is 0 Å². The first-order valence-corrected chi connectivity index (χ1v) is 23.4. The smallest absolute Gasteiger partial charge is 0.297 e. The van der Waals surface area contributed by atoms with Crippen LogP contribution < -0.4 is 31.3 Å². The van der Waals surface area contributed by atoms with Crippen molar-refractivity contribution in [3.63, 3.8) is 0 Å². The monoisotopic (exact) mass is 811 g/mol. The van der Waals surface area contributed by atoms with E-state index in [1.54, 1.807) is 11.3 Å². The predicted molar refractivity (Wildman–Crippen MR) is 259 cm³/mol. The van der Waals surface area contributed by atoms with Crippen molar-refractivity contribution in [2.45, 2.75) is 95.9 Å². The van der Waals surface area contributed by atoms with E-state index in [0.717, 1.165) is 10.6 Å². The number of hydrogen-bond donors (Lipinski definition) is 0. The number of thiophene rings is 1. The molecule has 0 amide bonds. The molecule has 0 bridgehead atoms. The molecule has 300 valence electrons. The van der Waals surface area contributed by atoms with E-state index in [4.69, 9.17) is 4.42 Å². The quantitative estimate of drug-likeness (QED) is 0.165. The molecule has 2 unspecified atom stereocenters. The van der Waals surface area contributed by atoms with Gasteiger partial charge in [-0.05, 0) is 132 Å². The topological polar surface area (TPSA) is 22.9 Å². The van der Waals surface area contributed by atoms with Crippen LogP contribution in [0, 0.1) is 6.92 Å². The van der Waals surface area contributed by atoms with Gasteiger partial charge >= 0.3 is 0 Å². The number of rotatable bonds is 4. The molecule has 5 heterocycles. The van der Waals surface area contributed by atoms with Crippen molar-refractivity contribution < 1.29 is 4.42 Å². The summed E-state index contributed by atoms with van der Waals surface area (Å²) in [7, 11) is 0. The Morgan fingerprint density at radius 3 is 2.16 bits per heavy atom. The van der Waals surface area contributed by atoms with Gasteiger partial charge in [0, 0.05) is 61.7 Å². The molecule has 13 rings (SSSR count). The summed E-state index contributed by atoms with van der Waals surface area (Å²) in [5, 5.41) is 2.52. The van der Waals surface area contributed by atoms with E-state index in [1.807, 2.05) is 0 Å². The molecule has 0 saturated heterocycles. The molecule has 6 aromatic carbocycles. The number of para-hydroxylation sites is 2. The van der Waals surface area contributed by atoms with Crippen molar-refractivity contribution in [3.05, 3.63) is 150 Å². The van der Waals surface area contributed by atoms with E-state index in [2.05, 4.69) is 177 Å². The minimum atomic E-state index is -0.0377. The molecule has 6 heteroatoms. The van der Waals surface area contributed by atoms with Crippen LogP contribution in [0.1, 0.15) is 94.4 Å². The lowest BCUT2D eigenvalue weighted by Gasteiger charge is -2.45. The molecule has 1 fully saturated rings. The Morgan fingerprint density at radius 2 is 1.39 bits per heavy atom. The summed E-state index contributed by atoms with van der Waals surface area (Å²) >= 11 is 1.80. The van der Waals surface area contributed by atoms with Crippen LogP contribution in [0.4, 0.5) is 45.5 Å². The number of benzene rings is 6. The Kier molecular flexibility index (Phi) is 7.48. The van der Waals surface area contributed by atoms with Gasteiger partial charge in [0.15, 0.2) is 4.90 Å². The molecule has 0 radical (unpaired) electrons. The molecule has 5 aliphatic rings. The molecular formula is C55H50BN3OS. The van der Waals surface area contributed by atoms with E-state index in [9.17, 15) is 0 Å². The van der Waals surface area contributed by atoms with Gasteiger partial charge in [-0.15, -0.1) is 0 Å². The van der Waals surface area contributed by atoms with Crippen LogP contribution in [-0.2, 0) is 10.8 Å². The molecule has 0 spiro atoms. The largest absolute Gasteiger partial charge is 0.457 e. The van der Waals surface area contributed by atoms with Gasteiger partial charge in [0.05, 0.1) is 16.8 Å². The Morgan fingerprint density at radius 1 is 0.705 bits per heavy atom. The van der Waals surface area contributed by atoms with Crippen molar-refractivity contribution in [1.29, 1.82) is 0 Å². The van der Waals surface area contributed by atoms with Crippen LogP contribution in [-0.4, -0.2) is 12.8 Å². The molecular weight excluding hydrogens is 762 g/mol. The van der Waals surface area contributed by atoms with Crippen molar-refractivity contribution >= 4 is 101 Å². The van der Waals surface area contributed by atoms with E-state index in [0.29, 0.717) is 12.0 Å². The SMILES string of the molecule is Cc1cc2c3c(c1)N1c4c(ccc(N(c5ccccc5)c5ccccc5)c4C4CCCCC41)B3c1oc3sc4ccccc4c3c1N2c1ccc2c(c1)C(C)(C)CCC2(C)C. The lowest BCUT2D eigenvalue weighted by molar-refractivity contribution is 0.332. The highest BCUT2D eigenvalue weighted by Crippen LogP contribution is 2.58. The second-order valence-corrected chi connectivity index (χ2v) is 20.8. The van der Waals surface area contributed by atoms with Gasteiger partial charge in [-0.2, -0.15) is 0 Å². The number of anilines is 8. The van der Waals surface area contributed by atoms with Crippen molar-refractivity contribution in [1.82, 2.24) is 0 Å². The summed E-state index contributed by atoms with van der Waals surface area (Å²) < 4.78 is 8.70. The fourth-order valence-corrected chi connectivity index (χ4v) is 13.5. The van der Waals surface area contributed by atoms with Crippen LogP contribution in [0.5, 0.6) is 0 Å². The summed E-state index contributed by atoms with van der Waals surface area (Å²) in [5.74, 6) is 0.427. The van der Waals surface area contributed by atoms with E-state index < -0.39 is 0 Å². The van der Waals surface area contributed by atoms with Gasteiger partial charge in [-0.25, -0.2) is 0 Å². The number of nitrogens with zero attached hydrogens (tertiary/aromatic N) is 3. The van der Waals surface area contributed by atoms with E-state index >= 15 is 0 Å².